The van der Waals surface area contributed by atoms with Crippen LogP contribution in [-0.2, 0) is 6.42 Å². The second-order valence-corrected chi connectivity index (χ2v) is 4.18. The zero-order valence-electron chi connectivity index (χ0n) is 10.6. The van der Waals surface area contributed by atoms with Crippen LogP contribution in [0, 0.1) is 5.82 Å². The van der Waals surface area contributed by atoms with Gasteiger partial charge in [-0.15, -0.1) is 0 Å². The topological polar surface area (TPSA) is 47.0 Å². The third-order valence-electron chi connectivity index (χ3n) is 2.66. The second kappa shape index (κ2) is 5.84. The molecule has 0 aliphatic heterocycles. The molecule has 0 fully saturated rings. The number of aromatic nitrogens is 2. The predicted octanol–water partition coefficient (Wildman–Crippen LogP) is 3.58. The fourth-order valence-electron chi connectivity index (χ4n) is 1.69. The van der Waals surface area contributed by atoms with Gasteiger partial charge in [0.2, 0.25) is 0 Å². The van der Waals surface area contributed by atoms with Crippen molar-refractivity contribution >= 4 is 23.1 Å². The molecule has 0 unspecified atom stereocenters. The third-order valence-corrected chi connectivity index (χ3v) is 2.99. The molecule has 1 heterocycles. The van der Waals surface area contributed by atoms with E-state index < -0.39 is 5.82 Å². The van der Waals surface area contributed by atoms with Crippen molar-refractivity contribution in [2.24, 2.45) is 0 Å². The maximum atomic E-state index is 13.3. The monoisotopic (exact) mass is 281 g/mol. The van der Waals surface area contributed by atoms with Crippen LogP contribution >= 0.6 is 11.6 Å². The summed E-state index contributed by atoms with van der Waals surface area (Å²) in [5, 5.41) is 3.50. The summed E-state index contributed by atoms with van der Waals surface area (Å²) in [7, 11) is 1.42. The van der Waals surface area contributed by atoms with E-state index in [0.29, 0.717) is 23.1 Å². The van der Waals surface area contributed by atoms with Crippen molar-refractivity contribution in [3.05, 3.63) is 41.1 Å². The maximum absolute atomic E-state index is 13.3. The Bertz CT molecular complexity index is 592. The third kappa shape index (κ3) is 2.93. The summed E-state index contributed by atoms with van der Waals surface area (Å²) in [6.45, 7) is 1.96. The van der Waals surface area contributed by atoms with Crippen LogP contribution in [0.15, 0.2) is 24.5 Å². The molecule has 0 bridgehead atoms. The minimum Gasteiger partial charge on any atom is -0.494 e. The smallest absolute Gasteiger partial charge is 0.165 e. The molecule has 0 atom stereocenters. The number of rotatable bonds is 4. The minimum atomic E-state index is -0.413. The van der Waals surface area contributed by atoms with Gasteiger partial charge in [-0.05, 0) is 18.6 Å². The number of ether oxygens (including phenoxy) is 1. The Balaban J connectivity index is 2.33. The van der Waals surface area contributed by atoms with Crippen molar-refractivity contribution in [1.82, 2.24) is 9.97 Å². The molecule has 2 rings (SSSR count). The molecule has 0 spiro atoms. The lowest BCUT2D eigenvalue weighted by Gasteiger charge is -2.11. The van der Waals surface area contributed by atoms with E-state index in [1.807, 2.05) is 6.92 Å². The zero-order chi connectivity index (χ0) is 13.8. The van der Waals surface area contributed by atoms with Crippen LogP contribution < -0.4 is 10.1 Å². The standard InChI is InChI=1S/C13H13ClFN3O/c1-3-9-12(14)16-7-17-13(9)18-8-4-5-10(15)11(6-8)19-2/h4-7H,3H2,1-2H3,(H,16,17,18). The lowest BCUT2D eigenvalue weighted by molar-refractivity contribution is 0.387. The molecule has 19 heavy (non-hydrogen) atoms. The average molecular weight is 282 g/mol. The highest BCUT2D eigenvalue weighted by Gasteiger charge is 2.09. The van der Waals surface area contributed by atoms with E-state index in [0.717, 1.165) is 5.56 Å². The molecule has 1 aromatic heterocycles. The number of anilines is 2. The van der Waals surface area contributed by atoms with Gasteiger partial charge in [0, 0.05) is 17.3 Å². The zero-order valence-corrected chi connectivity index (χ0v) is 11.3. The van der Waals surface area contributed by atoms with Crippen molar-refractivity contribution < 1.29 is 9.13 Å². The van der Waals surface area contributed by atoms with Gasteiger partial charge in [-0.2, -0.15) is 0 Å². The molecular weight excluding hydrogens is 269 g/mol. The summed E-state index contributed by atoms with van der Waals surface area (Å²) in [6.07, 6.45) is 2.07. The fourth-order valence-corrected chi connectivity index (χ4v) is 1.95. The SMILES string of the molecule is CCc1c(Cl)ncnc1Nc1ccc(F)c(OC)c1. The van der Waals surface area contributed by atoms with E-state index >= 15 is 0 Å². The number of hydrogen-bond acceptors (Lipinski definition) is 4. The van der Waals surface area contributed by atoms with Crippen molar-refractivity contribution in [2.75, 3.05) is 12.4 Å². The van der Waals surface area contributed by atoms with Gasteiger partial charge in [-0.25, -0.2) is 14.4 Å². The predicted molar refractivity (Wildman–Crippen MR) is 72.7 cm³/mol. The molecule has 1 aromatic carbocycles. The number of hydrogen-bond donors (Lipinski definition) is 1. The van der Waals surface area contributed by atoms with Crippen LogP contribution in [-0.4, -0.2) is 17.1 Å². The summed E-state index contributed by atoms with van der Waals surface area (Å²) in [6, 6.07) is 4.49. The fraction of sp³-hybridized carbons (Fsp3) is 0.231. The highest BCUT2D eigenvalue weighted by atomic mass is 35.5. The van der Waals surface area contributed by atoms with Crippen molar-refractivity contribution in [3.63, 3.8) is 0 Å². The normalized spacial score (nSPS) is 10.3. The Morgan fingerprint density at radius 2 is 2.16 bits per heavy atom. The molecule has 1 N–H and O–H groups in total. The van der Waals surface area contributed by atoms with Crippen LogP contribution in [0.4, 0.5) is 15.9 Å². The number of halogens is 2. The summed E-state index contributed by atoms with van der Waals surface area (Å²) >= 11 is 6.00. The van der Waals surface area contributed by atoms with E-state index in [1.165, 1.54) is 19.5 Å². The molecule has 0 saturated carbocycles. The van der Waals surface area contributed by atoms with E-state index in [9.17, 15) is 4.39 Å². The lowest BCUT2D eigenvalue weighted by Crippen LogP contribution is -2.01. The van der Waals surface area contributed by atoms with Gasteiger partial charge < -0.3 is 10.1 Å². The molecule has 4 nitrogen and oxygen atoms in total. The maximum Gasteiger partial charge on any atom is 0.165 e. The highest BCUT2D eigenvalue weighted by molar-refractivity contribution is 6.30. The molecule has 0 aliphatic rings. The molecule has 6 heteroatoms. The van der Waals surface area contributed by atoms with E-state index in [1.54, 1.807) is 12.1 Å². The van der Waals surface area contributed by atoms with Crippen LogP contribution in [0.25, 0.3) is 0 Å². The Kier molecular flexibility index (Phi) is 4.16. The van der Waals surface area contributed by atoms with Crippen LogP contribution in [0.1, 0.15) is 12.5 Å². The Labute approximate surface area is 115 Å². The first-order chi connectivity index (χ1) is 9.15. The van der Waals surface area contributed by atoms with Gasteiger partial charge in [0.05, 0.1) is 7.11 Å². The molecule has 0 saturated heterocycles. The van der Waals surface area contributed by atoms with Crippen LogP contribution in [0.5, 0.6) is 5.75 Å². The summed E-state index contributed by atoms with van der Waals surface area (Å²) < 4.78 is 18.2. The number of nitrogens with zero attached hydrogens (tertiary/aromatic N) is 2. The van der Waals surface area contributed by atoms with Gasteiger partial charge in [0.1, 0.15) is 17.3 Å². The second-order valence-electron chi connectivity index (χ2n) is 3.82. The summed E-state index contributed by atoms with van der Waals surface area (Å²) in [4.78, 5) is 8.07. The Morgan fingerprint density at radius 1 is 1.37 bits per heavy atom. The Hall–Kier alpha value is -1.88. The van der Waals surface area contributed by atoms with Crippen LogP contribution in [0.3, 0.4) is 0 Å². The van der Waals surface area contributed by atoms with Crippen LogP contribution in [0.2, 0.25) is 5.15 Å². The highest BCUT2D eigenvalue weighted by Crippen LogP contribution is 2.27. The van der Waals surface area contributed by atoms with Crippen molar-refractivity contribution in [1.29, 1.82) is 0 Å². The lowest BCUT2D eigenvalue weighted by atomic mass is 10.2. The van der Waals surface area contributed by atoms with E-state index in [2.05, 4.69) is 15.3 Å². The van der Waals surface area contributed by atoms with E-state index in [4.69, 9.17) is 16.3 Å². The molecule has 0 amide bonds. The van der Waals surface area contributed by atoms with Gasteiger partial charge in [-0.3, -0.25) is 0 Å². The molecular formula is C13H13ClFN3O. The van der Waals surface area contributed by atoms with Gasteiger partial charge >= 0.3 is 0 Å². The first kappa shape index (κ1) is 13.5. The van der Waals surface area contributed by atoms with Gasteiger partial charge in [0.25, 0.3) is 0 Å². The minimum absolute atomic E-state index is 0.170. The first-order valence-electron chi connectivity index (χ1n) is 5.75. The van der Waals surface area contributed by atoms with E-state index in [-0.39, 0.29) is 5.75 Å². The number of nitrogens with one attached hydrogen (secondary N) is 1. The summed E-state index contributed by atoms with van der Waals surface area (Å²) in [5.74, 6) is 0.365. The number of benzene rings is 1. The molecule has 100 valence electrons. The Morgan fingerprint density at radius 3 is 2.84 bits per heavy atom. The summed E-state index contributed by atoms with van der Waals surface area (Å²) in [5.41, 5.74) is 1.48. The van der Waals surface area contributed by atoms with Crippen molar-refractivity contribution in [3.8, 4) is 5.75 Å². The quantitative estimate of drug-likeness (QED) is 0.870. The molecule has 0 radical (unpaired) electrons. The van der Waals surface area contributed by atoms with Gasteiger partial charge in [-0.1, -0.05) is 18.5 Å². The van der Waals surface area contributed by atoms with Gasteiger partial charge in [0.15, 0.2) is 11.6 Å². The first-order valence-corrected chi connectivity index (χ1v) is 6.13. The number of methoxy groups -OCH3 is 1. The molecule has 2 aromatic rings. The van der Waals surface area contributed by atoms with Crippen molar-refractivity contribution in [2.45, 2.75) is 13.3 Å². The average Bonchev–Trinajstić information content (AvgIpc) is 2.41. The largest absolute Gasteiger partial charge is 0.494 e. The molecule has 0 aliphatic carbocycles.